The van der Waals surface area contributed by atoms with Gasteiger partial charge in [-0.1, -0.05) is 34.1 Å². The van der Waals surface area contributed by atoms with Crippen LogP contribution in [0.1, 0.15) is 45.9 Å². The topological polar surface area (TPSA) is 160 Å². The third-order valence-electron chi connectivity index (χ3n) is 0.627. The van der Waals surface area contributed by atoms with Gasteiger partial charge in [0.2, 0.25) is 11.8 Å². The van der Waals surface area contributed by atoms with E-state index in [0.29, 0.717) is 11.8 Å². The van der Waals surface area contributed by atoms with E-state index in [-0.39, 0.29) is 0 Å². The van der Waals surface area contributed by atoms with Crippen LogP contribution in [0.25, 0.3) is 0 Å². The van der Waals surface area contributed by atoms with Crippen molar-refractivity contribution in [2.75, 3.05) is 0 Å². The van der Waals surface area contributed by atoms with Crippen molar-refractivity contribution in [3.05, 3.63) is 11.8 Å². The van der Waals surface area contributed by atoms with Gasteiger partial charge in [0, 0.05) is 13.8 Å². The van der Waals surface area contributed by atoms with E-state index in [1.165, 1.54) is 6.42 Å². The molecule has 0 amide bonds. The summed E-state index contributed by atoms with van der Waals surface area (Å²) >= 11 is 7.21. The minimum Gasteiger partial charge on any atom is -0.426 e. The SMILES string of the molecule is CC.CCC.Cc1nnc(C)o1.OP(O)(O)=S.OP(O)(O)=S. The lowest BCUT2D eigenvalue weighted by Gasteiger charge is -1.88. The Morgan fingerprint density at radius 3 is 1.00 bits per heavy atom. The first-order valence-corrected chi connectivity index (χ1v) is 11.4. The fourth-order valence-electron chi connectivity index (χ4n) is 0.395. The molecule has 13 heteroatoms. The summed E-state index contributed by atoms with van der Waals surface area (Å²) in [7, 11) is 0. The molecule has 9 nitrogen and oxygen atoms in total. The number of rotatable bonds is 0. The summed E-state index contributed by atoms with van der Waals surface area (Å²) in [6.07, 6.45) is 1.25. The maximum absolute atomic E-state index is 7.56. The molecular weight excluding hydrogens is 374 g/mol. The van der Waals surface area contributed by atoms with E-state index in [2.05, 4.69) is 47.7 Å². The van der Waals surface area contributed by atoms with Crippen LogP contribution in [0.4, 0.5) is 0 Å². The van der Waals surface area contributed by atoms with Gasteiger partial charge >= 0.3 is 13.4 Å². The molecule has 1 aromatic heterocycles. The highest BCUT2D eigenvalue weighted by Gasteiger charge is 1.92. The average Bonchev–Trinajstić information content (AvgIpc) is 2.61. The van der Waals surface area contributed by atoms with Gasteiger partial charge in [-0.05, 0) is 23.6 Å². The molecule has 0 fully saturated rings. The summed E-state index contributed by atoms with van der Waals surface area (Å²) in [5, 5.41) is 7.20. The number of aryl methyl sites for hydroxylation is 2. The van der Waals surface area contributed by atoms with Crippen LogP contribution in [0.5, 0.6) is 0 Å². The summed E-state index contributed by atoms with van der Waals surface area (Å²) in [6, 6.07) is 0. The first kappa shape index (κ1) is 30.1. The third-order valence-corrected chi connectivity index (χ3v) is 0.627. The van der Waals surface area contributed by atoms with E-state index in [9.17, 15) is 0 Å². The van der Waals surface area contributed by atoms with E-state index in [0.717, 1.165) is 0 Å². The predicted octanol–water partition coefficient (Wildman–Crippen LogP) is 1.50. The van der Waals surface area contributed by atoms with Crippen molar-refractivity contribution in [2.45, 2.75) is 48.0 Å². The molecule has 1 heterocycles. The fourth-order valence-corrected chi connectivity index (χ4v) is 0.395. The standard InChI is InChI=1S/C4H6N2O.C3H8.C2H6.2H3O3PS/c1-3-5-6-4(2)7-3;1-3-2;1-2;2*1-4(2,3)5/h1-2H3;3H2,1-2H3;1-2H3;2*(H3,1,2,3,5). The van der Waals surface area contributed by atoms with Gasteiger partial charge in [-0.2, -0.15) is 0 Å². The molecule has 22 heavy (non-hydrogen) atoms. The largest absolute Gasteiger partial charge is 0.426 e. The quantitative estimate of drug-likeness (QED) is 0.350. The number of nitrogens with zero attached hydrogens (tertiary/aromatic N) is 2. The first-order valence-electron chi connectivity index (χ1n) is 6.03. The normalized spacial score (nSPS) is 9.45. The van der Waals surface area contributed by atoms with Crippen LogP contribution in [-0.2, 0) is 23.6 Å². The summed E-state index contributed by atoms with van der Waals surface area (Å²) in [5.41, 5.74) is 0. The fraction of sp³-hybridized carbons (Fsp3) is 0.778. The van der Waals surface area contributed by atoms with Gasteiger partial charge in [-0.15, -0.1) is 10.2 Å². The van der Waals surface area contributed by atoms with Gasteiger partial charge < -0.3 is 33.8 Å². The van der Waals surface area contributed by atoms with Crippen molar-refractivity contribution in [3.8, 4) is 0 Å². The summed E-state index contributed by atoms with van der Waals surface area (Å²) in [4.78, 5) is 45.3. The lowest BCUT2D eigenvalue weighted by molar-refractivity contribution is 0.361. The highest BCUT2D eigenvalue weighted by Crippen LogP contribution is 2.26. The summed E-state index contributed by atoms with van der Waals surface area (Å²) < 4.78 is 4.86. The number of hydrogen-bond acceptors (Lipinski definition) is 5. The van der Waals surface area contributed by atoms with Crippen molar-refractivity contribution >= 4 is 37.1 Å². The Kier molecular flexibility index (Phi) is 24.0. The number of aromatic nitrogens is 2. The van der Waals surface area contributed by atoms with E-state index in [4.69, 9.17) is 33.8 Å². The zero-order valence-electron chi connectivity index (χ0n) is 13.4. The highest BCUT2D eigenvalue weighted by molar-refractivity contribution is 8.06. The Morgan fingerprint density at radius 1 is 0.818 bits per heavy atom. The maximum Gasteiger partial charge on any atom is 0.319 e. The van der Waals surface area contributed by atoms with E-state index >= 15 is 0 Å². The Bertz CT molecular complexity index is 380. The maximum atomic E-state index is 7.56. The van der Waals surface area contributed by atoms with E-state index in [1.54, 1.807) is 13.8 Å². The molecule has 0 radical (unpaired) electrons. The summed E-state index contributed by atoms with van der Waals surface area (Å²) in [6.45, 7) is 4.17. The van der Waals surface area contributed by atoms with Gasteiger partial charge in [-0.25, -0.2) is 0 Å². The molecule has 0 aliphatic heterocycles. The van der Waals surface area contributed by atoms with Gasteiger partial charge in [0.15, 0.2) is 0 Å². The first-order chi connectivity index (χ1) is 9.70. The van der Waals surface area contributed by atoms with Crippen LogP contribution in [-0.4, -0.2) is 39.6 Å². The molecule has 136 valence electrons. The Morgan fingerprint density at radius 2 is 0.955 bits per heavy atom. The minimum atomic E-state index is -3.81. The molecule has 0 aliphatic carbocycles. The van der Waals surface area contributed by atoms with E-state index < -0.39 is 13.4 Å². The van der Waals surface area contributed by atoms with E-state index in [1.807, 2.05) is 13.8 Å². The molecule has 1 rings (SSSR count). The average molecular weight is 400 g/mol. The summed E-state index contributed by atoms with van der Waals surface area (Å²) in [5.74, 6) is 1.25. The Labute approximate surface area is 141 Å². The van der Waals surface area contributed by atoms with Crippen LogP contribution in [0.2, 0.25) is 0 Å². The monoisotopic (exact) mass is 400 g/mol. The molecule has 1 aromatic rings. The second-order valence-electron chi connectivity index (χ2n) is 3.07. The zero-order valence-corrected chi connectivity index (χ0v) is 16.8. The van der Waals surface area contributed by atoms with Gasteiger partial charge in [0.25, 0.3) is 0 Å². The van der Waals surface area contributed by atoms with Gasteiger partial charge in [0.05, 0.1) is 0 Å². The number of hydrogen-bond donors (Lipinski definition) is 6. The van der Waals surface area contributed by atoms with Crippen molar-refractivity contribution < 1.29 is 33.8 Å². The second-order valence-corrected chi connectivity index (χ2v) is 8.07. The van der Waals surface area contributed by atoms with Crippen LogP contribution >= 0.6 is 13.4 Å². The van der Waals surface area contributed by atoms with Crippen LogP contribution in [0, 0.1) is 13.8 Å². The van der Waals surface area contributed by atoms with Crippen molar-refractivity contribution in [1.29, 1.82) is 0 Å². The van der Waals surface area contributed by atoms with Crippen LogP contribution < -0.4 is 0 Å². The van der Waals surface area contributed by atoms with Crippen LogP contribution in [0.3, 0.4) is 0 Å². The predicted molar refractivity (Wildman–Crippen MR) is 93.0 cm³/mol. The van der Waals surface area contributed by atoms with Crippen LogP contribution in [0.15, 0.2) is 4.42 Å². The molecular formula is C9H26N2O7P2S2. The zero-order chi connectivity index (χ0) is 19.0. The van der Waals surface area contributed by atoms with Crippen molar-refractivity contribution in [3.63, 3.8) is 0 Å². The Balaban J connectivity index is -0.0000000983. The molecule has 0 spiro atoms. The smallest absolute Gasteiger partial charge is 0.319 e. The Hall–Kier alpha value is 0.200. The van der Waals surface area contributed by atoms with Gasteiger partial charge in [-0.3, -0.25) is 0 Å². The second kappa shape index (κ2) is 17.6. The molecule has 6 N–H and O–H groups in total. The lowest BCUT2D eigenvalue weighted by atomic mass is 10.6. The van der Waals surface area contributed by atoms with Gasteiger partial charge in [0.1, 0.15) is 0 Å². The molecule has 0 saturated heterocycles. The molecule has 0 saturated carbocycles. The minimum absolute atomic E-state index is 0.623. The molecule has 0 aliphatic rings. The van der Waals surface area contributed by atoms with Crippen molar-refractivity contribution in [2.24, 2.45) is 0 Å². The van der Waals surface area contributed by atoms with Crippen molar-refractivity contribution in [1.82, 2.24) is 10.2 Å². The highest BCUT2D eigenvalue weighted by atomic mass is 32.5. The molecule has 0 unspecified atom stereocenters. The lowest BCUT2D eigenvalue weighted by Crippen LogP contribution is -1.68. The molecule has 0 atom stereocenters. The molecule has 0 bridgehead atoms. The molecule has 0 aromatic carbocycles. The third kappa shape index (κ3) is 88.0.